The zero-order valence-electron chi connectivity index (χ0n) is 12.0. The fourth-order valence-corrected chi connectivity index (χ4v) is 3.46. The highest BCUT2D eigenvalue weighted by Crippen LogP contribution is 2.37. The summed E-state index contributed by atoms with van der Waals surface area (Å²) in [6.07, 6.45) is 0. The maximum Gasteiger partial charge on any atom is 0.129 e. The maximum atomic E-state index is 5.53. The molecule has 0 radical (unpaired) electrons. The van der Waals surface area contributed by atoms with Crippen LogP contribution in [0.25, 0.3) is 0 Å². The van der Waals surface area contributed by atoms with Crippen LogP contribution in [0, 0.1) is 6.92 Å². The maximum absolute atomic E-state index is 5.53. The van der Waals surface area contributed by atoms with E-state index in [1.165, 1.54) is 4.88 Å². The molecule has 0 bridgehead atoms. The summed E-state index contributed by atoms with van der Waals surface area (Å²) in [5, 5.41) is 5.36. The predicted octanol–water partition coefficient (Wildman–Crippen LogP) is 4.15. The van der Waals surface area contributed by atoms with E-state index in [0.717, 1.165) is 27.1 Å². The van der Waals surface area contributed by atoms with E-state index >= 15 is 0 Å². The van der Waals surface area contributed by atoms with Gasteiger partial charge in [-0.25, -0.2) is 0 Å². The molecule has 1 heterocycles. The van der Waals surface area contributed by atoms with Gasteiger partial charge in [0, 0.05) is 20.3 Å². The number of thiophene rings is 1. The van der Waals surface area contributed by atoms with Crippen molar-refractivity contribution in [3.05, 3.63) is 44.1 Å². The molecule has 1 aromatic carbocycles. The lowest BCUT2D eigenvalue weighted by Crippen LogP contribution is -2.17. The third-order valence-corrected chi connectivity index (χ3v) is 5.06. The lowest BCUT2D eigenvalue weighted by atomic mass is 10.0. The minimum Gasteiger partial charge on any atom is -0.496 e. The zero-order chi connectivity index (χ0) is 14.7. The van der Waals surface area contributed by atoms with E-state index in [0.29, 0.717) is 0 Å². The average Bonchev–Trinajstić information content (AvgIpc) is 2.92. The number of rotatable bonds is 5. The fourth-order valence-electron chi connectivity index (χ4n) is 2.12. The van der Waals surface area contributed by atoms with Crippen molar-refractivity contribution in [1.29, 1.82) is 0 Å². The Labute approximate surface area is 132 Å². The van der Waals surface area contributed by atoms with Crippen molar-refractivity contribution in [2.75, 3.05) is 21.3 Å². The SMILES string of the molecule is CNC(c1cc(OC)cs1)c1cc(Br)c(C)cc1OC. The number of hydrogen-bond donors (Lipinski definition) is 1. The van der Waals surface area contributed by atoms with Gasteiger partial charge in [0.2, 0.25) is 0 Å². The first-order valence-corrected chi connectivity index (χ1v) is 7.91. The molecule has 0 fully saturated rings. The van der Waals surface area contributed by atoms with Crippen LogP contribution in [0.2, 0.25) is 0 Å². The van der Waals surface area contributed by atoms with Gasteiger partial charge in [-0.05, 0) is 37.7 Å². The molecule has 2 rings (SSSR count). The molecule has 20 heavy (non-hydrogen) atoms. The molecule has 0 aliphatic heterocycles. The highest BCUT2D eigenvalue weighted by Gasteiger charge is 2.20. The molecule has 1 aromatic heterocycles. The topological polar surface area (TPSA) is 30.5 Å². The van der Waals surface area contributed by atoms with Gasteiger partial charge >= 0.3 is 0 Å². The number of aryl methyl sites for hydroxylation is 1. The van der Waals surface area contributed by atoms with E-state index in [1.54, 1.807) is 25.6 Å². The van der Waals surface area contributed by atoms with Crippen molar-refractivity contribution in [1.82, 2.24) is 5.32 Å². The summed E-state index contributed by atoms with van der Waals surface area (Å²) in [6.45, 7) is 2.05. The first kappa shape index (κ1) is 15.4. The van der Waals surface area contributed by atoms with Crippen molar-refractivity contribution in [2.24, 2.45) is 0 Å². The number of nitrogens with one attached hydrogen (secondary N) is 1. The number of ether oxygens (including phenoxy) is 2. The number of hydrogen-bond acceptors (Lipinski definition) is 4. The predicted molar refractivity (Wildman–Crippen MR) is 87.2 cm³/mol. The third kappa shape index (κ3) is 3.00. The summed E-state index contributed by atoms with van der Waals surface area (Å²) < 4.78 is 11.9. The van der Waals surface area contributed by atoms with Crippen LogP contribution >= 0.6 is 27.3 Å². The molecule has 1 unspecified atom stereocenters. The largest absolute Gasteiger partial charge is 0.496 e. The molecule has 3 nitrogen and oxygen atoms in total. The summed E-state index contributed by atoms with van der Waals surface area (Å²) in [7, 11) is 5.33. The van der Waals surface area contributed by atoms with Gasteiger partial charge in [-0.15, -0.1) is 11.3 Å². The van der Waals surface area contributed by atoms with E-state index < -0.39 is 0 Å². The molecule has 0 saturated carbocycles. The Balaban J connectivity index is 2.48. The van der Waals surface area contributed by atoms with Crippen molar-refractivity contribution < 1.29 is 9.47 Å². The number of benzene rings is 1. The van der Waals surface area contributed by atoms with Crippen LogP contribution in [0.1, 0.15) is 22.0 Å². The normalized spacial score (nSPS) is 12.2. The Kier molecular flexibility index (Phi) is 5.07. The highest BCUT2D eigenvalue weighted by atomic mass is 79.9. The first-order valence-electron chi connectivity index (χ1n) is 6.24. The van der Waals surface area contributed by atoms with Gasteiger partial charge in [0.05, 0.1) is 20.3 Å². The monoisotopic (exact) mass is 355 g/mol. The summed E-state index contributed by atoms with van der Waals surface area (Å²) >= 11 is 5.27. The second kappa shape index (κ2) is 6.61. The summed E-state index contributed by atoms with van der Waals surface area (Å²) in [5.41, 5.74) is 2.26. The number of methoxy groups -OCH3 is 2. The zero-order valence-corrected chi connectivity index (χ0v) is 14.4. The smallest absolute Gasteiger partial charge is 0.129 e. The van der Waals surface area contributed by atoms with Crippen LogP contribution in [0.15, 0.2) is 28.1 Å². The Morgan fingerprint density at radius 3 is 2.50 bits per heavy atom. The molecule has 1 atom stereocenters. The Hall–Kier alpha value is -1.04. The Morgan fingerprint density at radius 1 is 1.20 bits per heavy atom. The Bertz CT molecular complexity index is 598. The van der Waals surface area contributed by atoms with Crippen molar-refractivity contribution in [3.8, 4) is 11.5 Å². The quantitative estimate of drug-likeness (QED) is 0.873. The van der Waals surface area contributed by atoms with E-state index in [2.05, 4.69) is 46.4 Å². The fraction of sp³-hybridized carbons (Fsp3) is 0.333. The molecular formula is C15H18BrNO2S. The highest BCUT2D eigenvalue weighted by molar-refractivity contribution is 9.10. The van der Waals surface area contributed by atoms with Gasteiger partial charge in [-0.3, -0.25) is 0 Å². The summed E-state index contributed by atoms with van der Waals surface area (Å²) in [4.78, 5) is 1.19. The lowest BCUT2D eigenvalue weighted by Gasteiger charge is -2.19. The standard InChI is InChI=1S/C15H18BrNO2S/c1-9-5-13(19-4)11(7-12(9)16)15(17-2)14-6-10(18-3)8-20-14/h5-8,15,17H,1-4H3. The van der Waals surface area contributed by atoms with Crippen LogP contribution in [0.3, 0.4) is 0 Å². The van der Waals surface area contributed by atoms with E-state index in [-0.39, 0.29) is 6.04 Å². The molecule has 2 aromatic rings. The molecule has 108 valence electrons. The molecule has 0 saturated heterocycles. The van der Waals surface area contributed by atoms with Crippen LogP contribution in [0.5, 0.6) is 11.5 Å². The van der Waals surface area contributed by atoms with Crippen molar-refractivity contribution in [3.63, 3.8) is 0 Å². The van der Waals surface area contributed by atoms with Crippen LogP contribution in [0.4, 0.5) is 0 Å². The second-order valence-electron chi connectivity index (χ2n) is 4.45. The molecule has 0 aliphatic rings. The first-order chi connectivity index (χ1) is 9.60. The van der Waals surface area contributed by atoms with Crippen molar-refractivity contribution >= 4 is 27.3 Å². The van der Waals surface area contributed by atoms with E-state index in [1.807, 2.05) is 12.4 Å². The van der Waals surface area contributed by atoms with Crippen LogP contribution < -0.4 is 14.8 Å². The van der Waals surface area contributed by atoms with Crippen LogP contribution in [-0.2, 0) is 0 Å². The minimum absolute atomic E-state index is 0.0794. The average molecular weight is 356 g/mol. The molecule has 0 amide bonds. The van der Waals surface area contributed by atoms with Gasteiger partial charge in [-0.2, -0.15) is 0 Å². The Morgan fingerprint density at radius 2 is 1.95 bits per heavy atom. The molecular weight excluding hydrogens is 338 g/mol. The summed E-state index contributed by atoms with van der Waals surface area (Å²) in [5.74, 6) is 1.77. The number of halogens is 1. The molecule has 1 N–H and O–H groups in total. The molecule has 5 heteroatoms. The van der Waals surface area contributed by atoms with Gasteiger partial charge in [0.15, 0.2) is 0 Å². The molecule has 0 aliphatic carbocycles. The second-order valence-corrected chi connectivity index (χ2v) is 6.25. The molecule has 0 spiro atoms. The van der Waals surface area contributed by atoms with Gasteiger partial charge in [0.1, 0.15) is 11.5 Å². The van der Waals surface area contributed by atoms with Crippen molar-refractivity contribution in [2.45, 2.75) is 13.0 Å². The summed E-state index contributed by atoms with van der Waals surface area (Å²) in [6, 6.07) is 6.30. The van der Waals surface area contributed by atoms with E-state index in [4.69, 9.17) is 9.47 Å². The lowest BCUT2D eigenvalue weighted by molar-refractivity contribution is 0.404. The van der Waals surface area contributed by atoms with Crippen LogP contribution in [-0.4, -0.2) is 21.3 Å². The minimum atomic E-state index is 0.0794. The van der Waals surface area contributed by atoms with Gasteiger partial charge in [0.25, 0.3) is 0 Å². The van der Waals surface area contributed by atoms with Gasteiger partial charge in [-0.1, -0.05) is 15.9 Å². The van der Waals surface area contributed by atoms with E-state index in [9.17, 15) is 0 Å². The third-order valence-electron chi connectivity index (χ3n) is 3.23. The van der Waals surface area contributed by atoms with Gasteiger partial charge < -0.3 is 14.8 Å².